The van der Waals surface area contributed by atoms with Crippen molar-refractivity contribution in [1.29, 1.82) is 0 Å². The largest absolute Gasteiger partial charge is 0.392 e. The summed E-state index contributed by atoms with van der Waals surface area (Å²) in [5, 5.41) is 12.9. The van der Waals surface area contributed by atoms with Crippen molar-refractivity contribution >= 4 is 0 Å². The quantitative estimate of drug-likeness (QED) is 0.666. The molecule has 0 heterocycles. The van der Waals surface area contributed by atoms with Crippen molar-refractivity contribution in [2.75, 3.05) is 26.7 Å². The minimum Gasteiger partial charge on any atom is -0.392 e. The van der Waals surface area contributed by atoms with Crippen LogP contribution in [0.15, 0.2) is 0 Å². The molecule has 0 aromatic rings. The predicted octanol–water partition coefficient (Wildman–Crippen LogP) is 1.71. The number of hydrogen-bond donors (Lipinski definition) is 2. The molecule has 0 aliphatic carbocycles. The highest BCUT2D eigenvalue weighted by Gasteiger charge is 2.24. The third-order valence-electron chi connectivity index (χ3n) is 3.02. The summed E-state index contributed by atoms with van der Waals surface area (Å²) >= 11 is 0. The summed E-state index contributed by atoms with van der Waals surface area (Å²) in [4.78, 5) is 2.22. The molecule has 0 aromatic heterocycles. The van der Waals surface area contributed by atoms with E-state index in [1.54, 1.807) is 0 Å². The normalized spacial score (nSPS) is 17.8. The Kier molecular flexibility index (Phi) is 7.20. The molecule has 0 fully saturated rings. The van der Waals surface area contributed by atoms with Gasteiger partial charge in [-0.2, -0.15) is 0 Å². The summed E-state index contributed by atoms with van der Waals surface area (Å²) in [7, 11) is 2.08. The van der Waals surface area contributed by atoms with Gasteiger partial charge in [-0.15, -0.1) is 0 Å². The fourth-order valence-corrected chi connectivity index (χ4v) is 1.91. The molecule has 16 heavy (non-hydrogen) atoms. The molecule has 0 spiro atoms. The van der Waals surface area contributed by atoms with Crippen LogP contribution in [0.25, 0.3) is 0 Å². The number of nitrogens with zero attached hydrogens (tertiary/aromatic N) is 1. The van der Waals surface area contributed by atoms with Gasteiger partial charge in [-0.05, 0) is 25.8 Å². The van der Waals surface area contributed by atoms with Crippen molar-refractivity contribution in [2.45, 2.75) is 53.2 Å². The molecule has 2 unspecified atom stereocenters. The van der Waals surface area contributed by atoms with Crippen molar-refractivity contribution in [1.82, 2.24) is 10.2 Å². The van der Waals surface area contributed by atoms with Gasteiger partial charge in [0.15, 0.2) is 0 Å². The lowest BCUT2D eigenvalue weighted by Crippen LogP contribution is -2.44. The van der Waals surface area contributed by atoms with Crippen LogP contribution in [0.5, 0.6) is 0 Å². The van der Waals surface area contributed by atoms with Crippen LogP contribution in [0.4, 0.5) is 0 Å². The van der Waals surface area contributed by atoms with E-state index >= 15 is 0 Å². The minimum atomic E-state index is -0.246. The van der Waals surface area contributed by atoms with E-state index in [1.807, 2.05) is 6.92 Å². The maximum atomic E-state index is 9.35. The topological polar surface area (TPSA) is 35.5 Å². The van der Waals surface area contributed by atoms with Crippen LogP contribution < -0.4 is 5.32 Å². The van der Waals surface area contributed by atoms with Crippen molar-refractivity contribution in [3.05, 3.63) is 0 Å². The summed E-state index contributed by atoms with van der Waals surface area (Å²) in [6, 6.07) is 0.535. The number of nitrogens with one attached hydrogen (secondary N) is 1. The maximum Gasteiger partial charge on any atom is 0.0638 e. The van der Waals surface area contributed by atoms with Crippen molar-refractivity contribution in [2.24, 2.45) is 5.41 Å². The highest BCUT2D eigenvalue weighted by atomic mass is 16.3. The van der Waals surface area contributed by atoms with Crippen LogP contribution in [-0.4, -0.2) is 48.8 Å². The SMILES string of the molecule is CCC(C)(CNC(C)C)CN(C)CC(C)O. The second-order valence-electron chi connectivity index (χ2n) is 5.75. The van der Waals surface area contributed by atoms with Gasteiger partial charge in [-0.25, -0.2) is 0 Å². The van der Waals surface area contributed by atoms with Gasteiger partial charge in [0.1, 0.15) is 0 Å². The fraction of sp³-hybridized carbons (Fsp3) is 1.00. The van der Waals surface area contributed by atoms with Crippen molar-refractivity contribution < 1.29 is 5.11 Å². The van der Waals surface area contributed by atoms with Crippen LogP contribution in [0.3, 0.4) is 0 Å². The van der Waals surface area contributed by atoms with Gasteiger partial charge in [0.05, 0.1) is 6.10 Å². The van der Waals surface area contributed by atoms with Crippen LogP contribution >= 0.6 is 0 Å². The Morgan fingerprint density at radius 3 is 2.25 bits per heavy atom. The van der Waals surface area contributed by atoms with E-state index in [2.05, 4.69) is 45.0 Å². The molecular formula is C13H30N2O. The monoisotopic (exact) mass is 230 g/mol. The highest BCUT2D eigenvalue weighted by molar-refractivity contribution is 4.79. The van der Waals surface area contributed by atoms with Gasteiger partial charge >= 0.3 is 0 Å². The number of aliphatic hydroxyl groups excluding tert-OH is 1. The Labute approximate surface area is 101 Å². The summed E-state index contributed by atoms with van der Waals surface area (Å²) < 4.78 is 0. The summed E-state index contributed by atoms with van der Waals surface area (Å²) in [6.07, 6.45) is 0.904. The van der Waals surface area contributed by atoms with E-state index in [0.29, 0.717) is 6.04 Å². The third-order valence-corrected chi connectivity index (χ3v) is 3.02. The Hall–Kier alpha value is -0.120. The zero-order valence-electron chi connectivity index (χ0n) is 11.9. The summed E-state index contributed by atoms with van der Waals surface area (Å²) in [5.74, 6) is 0. The Morgan fingerprint density at radius 1 is 1.31 bits per heavy atom. The molecule has 0 aromatic carbocycles. The van der Waals surface area contributed by atoms with E-state index in [-0.39, 0.29) is 11.5 Å². The first-order valence-corrected chi connectivity index (χ1v) is 6.39. The lowest BCUT2D eigenvalue weighted by molar-refractivity contribution is 0.107. The Bertz CT molecular complexity index is 183. The molecule has 0 saturated carbocycles. The fourth-order valence-electron chi connectivity index (χ4n) is 1.91. The van der Waals surface area contributed by atoms with Crippen molar-refractivity contribution in [3.63, 3.8) is 0 Å². The molecule has 2 atom stereocenters. The maximum absolute atomic E-state index is 9.35. The molecule has 3 heteroatoms. The van der Waals surface area contributed by atoms with E-state index < -0.39 is 0 Å². The standard InChI is InChI=1S/C13H30N2O/c1-7-13(5,9-14-11(2)3)10-15(6)8-12(4)16/h11-12,14,16H,7-10H2,1-6H3. The Balaban J connectivity index is 4.13. The van der Waals surface area contributed by atoms with E-state index in [0.717, 1.165) is 26.1 Å². The zero-order valence-corrected chi connectivity index (χ0v) is 11.9. The molecule has 98 valence electrons. The Morgan fingerprint density at radius 2 is 1.88 bits per heavy atom. The second kappa shape index (κ2) is 7.25. The van der Waals surface area contributed by atoms with E-state index in [4.69, 9.17) is 0 Å². The third kappa shape index (κ3) is 7.20. The number of rotatable bonds is 8. The number of hydrogen-bond acceptors (Lipinski definition) is 3. The van der Waals surface area contributed by atoms with Gasteiger partial charge in [0.25, 0.3) is 0 Å². The van der Waals surface area contributed by atoms with Gasteiger partial charge in [-0.1, -0.05) is 27.7 Å². The van der Waals surface area contributed by atoms with Crippen LogP contribution in [0.2, 0.25) is 0 Å². The first-order valence-electron chi connectivity index (χ1n) is 6.39. The average molecular weight is 230 g/mol. The molecule has 0 radical (unpaired) electrons. The second-order valence-corrected chi connectivity index (χ2v) is 5.75. The number of likely N-dealkylation sites (N-methyl/N-ethyl adjacent to an activating group) is 1. The summed E-state index contributed by atoms with van der Waals surface area (Å²) in [6.45, 7) is 13.5. The van der Waals surface area contributed by atoms with Gasteiger partial charge in [0.2, 0.25) is 0 Å². The highest BCUT2D eigenvalue weighted by Crippen LogP contribution is 2.21. The van der Waals surface area contributed by atoms with Gasteiger partial charge in [-0.3, -0.25) is 0 Å². The summed E-state index contributed by atoms with van der Waals surface area (Å²) in [5.41, 5.74) is 0.286. The van der Waals surface area contributed by atoms with Crippen molar-refractivity contribution in [3.8, 4) is 0 Å². The first kappa shape index (κ1) is 15.9. The number of aliphatic hydroxyl groups is 1. The van der Waals surface area contributed by atoms with E-state index in [9.17, 15) is 5.11 Å². The smallest absolute Gasteiger partial charge is 0.0638 e. The zero-order chi connectivity index (χ0) is 12.8. The first-order chi connectivity index (χ1) is 7.29. The molecular weight excluding hydrogens is 200 g/mol. The van der Waals surface area contributed by atoms with Crippen LogP contribution in [-0.2, 0) is 0 Å². The van der Waals surface area contributed by atoms with Crippen LogP contribution in [0.1, 0.15) is 41.0 Å². The lowest BCUT2D eigenvalue weighted by atomic mass is 9.86. The lowest BCUT2D eigenvalue weighted by Gasteiger charge is -2.34. The van der Waals surface area contributed by atoms with Gasteiger partial charge < -0.3 is 15.3 Å². The minimum absolute atomic E-state index is 0.246. The average Bonchev–Trinajstić information content (AvgIpc) is 2.13. The molecule has 0 amide bonds. The molecule has 0 aliphatic rings. The molecule has 0 rings (SSSR count). The van der Waals surface area contributed by atoms with Crippen LogP contribution in [0, 0.1) is 5.41 Å². The van der Waals surface area contributed by atoms with E-state index in [1.165, 1.54) is 0 Å². The molecule has 2 N–H and O–H groups in total. The predicted molar refractivity (Wildman–Crippen MR) is 70.7 cm³/mol. The molecule has 0 saturated heterocycles. The van der Waals surface area contributed by atoms with Gasteiger partial charge in [0, 0.05) is 25.7 Å². The molecule has 0 aliphatic heterocycles. The molecule has 0 bridgehead atoms. The molecule has 3 nitrogen and oxygen atoms in total.